The highest BCUT2D eigenvalue weighted by Gasteiger charge is 2.29. The summed E-state index contributed by atoms with van der Waals surface area (Å²) in [7, 11) is 0. The Morgan fingerprint density at radius 1 is 0.957 bits per heavy atom. The minimum Gasteiger partial charge on any atom is -0.458 e. The lowest BCUT2D eigenvalue weighted by Gasteiger charge is -2.23. The maximum atomic E-state index is 5.58. The number of fused-ring (bicyclic) bond motifs is 2. The summed E-state index contributed by atoms with van der Waals surface area (Å²) in [5.41, 5.74) is 3.46. The van der Waals surface area contributed by atoms with Gasteiger partial charge < -0.3 is 9.47 Å². The molecular formula is C17H14N4O2. The summed E-state index contributed by atoms with van der Waals surface area (Å²) in [6.07, 6.45) is 7.40. The van der Waals surface area contributed by atoms with Gasteiger partial charge in [-0.1, -0.05) is 18.2 Å². The van der Waals surface area contributed by atoms with E-state index in [2.05, 4.69) is 39.6 Å². The van der Waals surface area contributed by atoms with Crippen molar-refractivity contribution in [3.05, 3.63) is 71.3 Å². The van der Waals surface area contributed by atoms with E-state index in [1.54, 1.807) is 6.33 Å². The first-order chi connectivity index (χ1) is 11.4. The minimum atomic E-state index is 0.323. The molecule has 23 heavy (non-hydrogen) atoms. The van der Waals surface area contributed by atoms with E-state index in [1.165, 1.54) is 11.1 Å². The van der Waals surface area contributed by atoms with Gasteiger partial charge in [-0.3, -0.25) is 5.01 Å². The Bertz CT molecular complexity index is 864. The second kappa shape index (κ2) is 4.74. The van der Waals surface area contributed by atoms with Gasteiger partial charge in [0, 0.05) is 19.0 Å². The highest BCUT2D eigenvalue weighted by Crippen LogP contribution is 2.40. The summed E-state index contributed by atoms with van der Waals surface area (Å²) >= 11 is 0. The van der Waals surface area contributed by atoms with Crippen molar-refractivity contribution in [2.75, 3.05) is 11.8 Å². The zero-order valence-electron chi connectivity index (χ0n) is 12.3. The molecule has 1 aliphatic carbocycles. The van der Waals surface area contributed by atoms with E-state index in [4.69, 9.17) is 9.47 Å². The number of benzene rings is 1. The van der Waals surface area contributed by atoms with E-state index in [1.807, 2.05) is 22.9 Å². The summed E-state index contributed by atoms with van der Waals surface area (Å²) in [4.78, 5) is 0. The fraction of sp³-hybridized carbons (Fsp3) is 0.176. The number of allylic oxidation sites excluding steroid dienone is 2. The Labute approximate surface area is 132 Å². The van der Waals surface area contributed by atoms with E-state index >= 15 is 0 Å². The lowest BCUT2D eigenvalue weighted by atomic mass is 9.92. The van der Waals surface area contributed by atoms with Gasteiger partial charge in [-0.15, -0.1) is 10.2 Å². The second-order valence-corrected chi connectivity index (χ2v) is 5.64. The van der Waals surface area contributed by atoms with Gasteiger partial charge in [0.2, 0.25) is 6.79 Å². The van der Waals surface area contributed by atoms with Crippen LogP contribution in [0.2, 0.25) is 0 Å². The van der Waals surface area contributed by atoms with E-state index in [0.717, 1.165) is 35.9 Å². The lowest BCUT2D eigenvalue weighted by molar-refractivity contribution is 0.0700. The molecule has 0 saturated carbocycles. The molecule has 0 atom stereocenters. The molecule has 0 unspecified atom stereocenters. The van der Waals surface area contributed by atoms with Gasteiger partial charge in [0.05, 0.1) is 5.69 Å². The quantitative estimate of drug-likeness (QED) is 0.811. The molecule has 0 fully saturated rings. The largest absolute Gasteiger partial charge is 0.458 e. The van der Waals surface area contributed by atoms with Crippen LogP contribution in [-0.2, 0) is 9.47 Å². The molecule has 0 spiro atoms. The van der Waals surface area contributed by atoms with Crippen molar-refractivity contribution < 1.29 is 9.47 Å². The fourth-order valence-electron chi connectivity index (χ4n) is 3.12. The zero-order valence-corrected chi connectivity index (χ0v) is 12.3. The molecule has 6 heteroatoms. The molecule has 1 aromatic heterocycles. The van der Waals surface area contributed by atoms with Crippen molar-refractivity contribution in [3.8, 4) is 0 Å². The maximum Gasteiger partial charge on any atom is 0.230 e. The molecule has 2 aromatic rings. The Kier molecular flexibility index (Phi) is 2.58. The van der Waals surface area contributed by atoms with E-state index in [9.17, 15) is 0 Å². The third-order valence-electron chi connectivity index (χ3n) is 4.28. The van der Waals surface area contributed by atoms with Crippen LogP contribution in [-0.4, -0.2) is 21.7 Å². The first-order valence-corrected chi connectivity index (χ1v) is 7.52. The Morgan fingerprint density at radius 3 is 2.57 bits per heavy atom. The van der Waals surface area contributed by atoms with E-state index in [0.29, 0.717) is 6.79 Å². The van der Waals surface area contributed by atoms with Gasteiger partial charge in [-0.05, 0) is 29.4 Å². The van der Waals surface area contributed by atoms with Crippen LogP contribution < -0.4 is 5.01 Å². The van der Waals surface area contributed by atoms with E-state index in [-0.39, 0.29) is 0 Å². The molecule has 3 heterocycles. The van der Waals surface area contributed by atoms with Gasteiger partial charge in [-0.25, -0.2) is 4.68 Å². The zero-order chi connectivity index (χ0) is 15.2. The Balaban J connectivity index is 1.66. The van der Waals surface area contributed by atoms with Gasteiger partial charge in [-0.2, -0.15) is 0 Å². The van der Waals surface area contributed by atoms with Gasteiger partial charge in [0.1, 0.15) is 17.8 Å². The first kappa shape index (κ1) is 12.5. The van der Waals surface area contributed by atoms with Crippen LogP contribution in [0.5, 0.6) is 0 Å². The highest BCUT2D eigenvalue weighted by atomic mass is 16.7. The predicted molar refractivity (Wildman–Crippen MR) is 83.7 cm³/mol. The summed E-state index contributed by atoms with van der Waals surface area (Å²) in [6, 6.07) is 10.2. The smallest absolute Gasteiger partial charge is 0.230 e. The molecule has 0 N–H and O–H groups in total. The fourth-order valence-corrected chi connectivity index (χ4v) is 3.12. The van der Waals surface area contributed by atoms with E-state index < -0.39 is 0 Å². The number of nitrogens with zero attached hydrogens (tertiary/aromatic N) is 4. The first-order valence-electron chi connectivity index (χ1n) is 7.52. The molecule has 114 valence electrons. The highest BCUT2D eigenvalue weighted by molar-refractivity contribution is 5.63. The molecule has 1 aromatic carbocycles. The Hall–Kier alpha value is -3.02. The lowest BCUT2D eigenvalue weighted by Crippen LogP contribution is -2.24. The van der Waals surface area contributed by atoms with Crippen LogP contribution in [0, 0.1) is 0 Å². The molecule has 5 rings (SSSR count). The van der Waals surface area contributed by atoms with Gasteiger partial charge in [0.15, 0.2) is 5.82 Å². The monoisotopic (exact) mass is 306 g/mol. The average Bonchev–Trinajstić information content (AvgIpc) is 3.19. The van der Waals surface area contributed by atoms with Crippen molar-refractivity contribution in [1.82, 2.24) is 14.9 Å². The molecule has 6 nitrogen and oxygen atoms in total. The van der Waals surface area contributed by atoms with Gasteiger partial charge in [0.25, 0.3) is 0 Å². The molecule has 2 aliphatic heterocycles. The normalized spacial score (nSPS) is 18.9. The summed E-state index contributed by atoms with van der Waals surface area (Å²) in [5, 5.41) is 10.4. The number of aromatic nitrogens is 3. The van der Waals surface area contributed by atoms with Gasteiger partial charge >= 0.3 is 0 Å². The van der Waals surface area contributed by atoms with Crippen LogP contribution in [0.25, 0.3) is 6.08 Å². The van der Waals surface area contributed by atoms with Crippen LogP contribution in [0.3, 0.4) is 0 Å². The van der Waals surface area contributed by atoms with Crippen LogP contribution in [0.15, 0.2) is 65.5 Å². The average molecular weight is 306 g/mol. The summed E-state index contributed by atoms with van der Waals surface area (Å²) < 4.78 is 13.1. The standard InChI is InChI=1S/C17H14N4O2/c1-2-4-14(5-3-1)20-9-13-7-16-15(22-11-23-16)6-12(13)8-17-19-18-10-21(17)20/h1-5,8-10H,6-7,11H2. The maximum absolute atomic E-state index is 5.58. The third kappa shape index (κ3) is 1.95. The molecule has 0 saturated heterocycles. The molecule has 0 bridgehead atoms. The SMILES string of the molecule is C1=C2CC3=C(CC2=CN(c2ccccc2)n2cnnc21)OCO3. The predicted octanol–water partition coefficient (Wildman–Crippen LogP) is 2.84. The number of ether oxygens (including phenoxy) is 2. The Morgan fingerprint density at radius 2 is 1.74 bits per heavy atom. The molecular weight excluding hydrogens is 292 g/mol. The molecule has 0 radical (unpaired) electrons. The van der Waals surface area contributed by atoms with Crippen LogP contribution >= 0.6 is 0 Å². The van der Waals surface area contributed by atoms with Crippen molar-refractivity contribution in [2.45, 2.75) is 12.8 Å². The van der Waals surface area contributed by atoms with Crippen molar-refractivity contribution in [3.63, 3.8) is 0 Å². The minimum absolute atomic E-state index is 0.323. The van der Waals surface area contributed by atoms with Crippen molar-refractivity contribution >= 4 is 11.8 Å². The number of anilines is 1. The summed E-state index contributed by atoms with van der Waals surface area (Å²) in [6.45, 7) is 0.323. The van der Waals surface area contributed by atoms with Crippen LogP contribution in [0.1, 0.15) is 18.7 Å². The van der Waals surface area contributed by atoms with Crippen LogP contribution in [0.4, 0.5) is 5.69 Å². The molecule has 3 aliphatic rings. The molecule has 0 amide bonds. The van der Waals surface area contributed by atoms with Crippen molar-refractivity contribution in [1.29, 1.82) is 0 Å². The number of hydrogen-bond acceptors (Lipinski definition) is 5. The number of hydrogen-bond donors (Lipinski definition) is 0. The third-order valence-corrected chi connectivity index (χ3v) is 4.28. The number of para-hydroxylation sites is 1. The summed E-state index contributed by atoms with van der Waals surface area (Å²) in [5.74, 6) is 2.68. The topological polar surface area (TPSA) is 52.4 Å². The second-order valence-electron chi connectivity index (χ2n) is 5.64. The van der Waals surface area contributed by atoms with Crippen molar-refractivity contribution in [2.24, 2.45) is 0 Å². The number of rotatable bonds is 1.